The smallest absolute Gasteiger partial charge is 0.271 e. The molecule has 0 atom stereocenters. The Morgan fingerprint density at radius 1 is 1.56 bits per heavy atom. The number of alkyl halides is 1. The lowest BCUT2D eigenvalue weighted by Gasteiger charge is -2.30. The number of aromatic nitrogens is 1. The Hall–Kier alpha value is -0.420. The van der Waals surface area contributed by atoms with E-state index in [0.717, 1.165) is 23.2 Å². The van der Waals surface area contributed by atoms with E-state index in [9.17, 15) is 4.79 Å². The Kier molecular flexibility index (Phi) is 4.92. The minimum absolute atomic E-state index is 0.0764. The van der Waals surface area contributed by atoms with Crippen molar-refractivity contribution in [2.75, 3.05) is 5.33 Å². The SMILES string of the molecule is CCC(CC)(CBr)NC(=O)c1csc(C)n1. The minimum atomic E-state index is -0.158. The Labute approximate surface area is 109 Å². The molecule has 1 aromatic heterocycles. The van der Waals surface area contributed by atoms with Crippen molar-refractivity contribution in [2.45, 2.75) is 39.2 Å². The lowest BCUT2D eigenvalue weighted by molar-refractivity contribution is 0.0899. The van der Waals surface area contributed by atoms with Gasteiger partial charge < -0.3 is 5.32 Å². The van der Waals surface area contributed by atoms with E-state index in [2.05, 4.69) is 40.1 Å². The van der Waals surface area contributed by atoms with E-state index in [4.69, 9.17) is 0 Å². The molecular weight excluding hydrogens is 288 g/mol. The summed E-state index contributed by atoms with van der Waals surface area (Å²) in [6.45, 7) is 6.06. The fraction of sp³-hybridized carbons (Fsp3) is 0.636. The number of hydrogen-bond donors (Lipinski definition) is 1. The number of carbonyl (C=O) groups excluding carboxylic acids is 1. The van der Waals surface area contributed by atoms with Gasteiger partial charge in [-0.1, -0.05) is 29.8 Å². The van der Waals surface area contributed by atoms with Crippen LogP contribution in [0.1, 0.15) is 42.2 Å². The molecule has 16 heavy (non-hydrogen) atoms. The van der Waals surface area contributed by atoms with Crippen LogP contribution < -0.4 is 5.32 Å². The molecule has 1 amide bonds. The van der Waals surface area contributed by atoms with Gasteiger partial charge in [0.25, 0.3) is 5.91 Å². The molecule has 90 valence electrons. The van der Waals surface area contributed by atoms with Crippen molar-refractivity contribution in [1.29, 1.82) is 0 Å². The second kappa shape index (κ2) is 5.77. The van der Waals surface area contributed by atoms with Crippen LogP contribution in [0.25, 0.3) is 0 Å². The summed E-state index contributed by atoms with van der Waals surface area (Å²) < 4.78 is 0. The molecule has 3 nitrogen and oxygen atoms in total. The van der Waals surface area contributed by atoms with Crippen LogP contribution in [0.5, 0.6) is 0 Å². The van der Waals surface area contributed by atoms with Crippen LogP contribution in [0, 0.1) is 6.92 Å². The van der Waals surface area contributed by atoms with Gasteiger partial charge in [0.05, 0.1) is 5.01 Å². The lowest BCUT2D eigenvalue weighted by atomic mass is 9.95. The molecular formula is C11H17BrN2OS. The van der Waals surface area contributed by atoms with Gasteiger partial charge in [0, 0.05) is 16.2 Å². The second-order valence-corrected chi connectivity index (χ2v) is 5.45. The third-order valence-electron chi connectivity index (χ3n) is 2.84. The monoisotopic (exact) mass is 304 g/mol. The molecule has 0 unspecified atom stereocenters. The number of halogens is 1. The van der Waals surface area contributed by atoms with Crippen molar-refractivity contribution in [3.8, 4) is 0 Å². The van der Waals surface area contributed by atoms with Crippen LogP contribution in [0.3, 0.4) is 0 Å². The summed E-state index contributed by atoms with van der Waals surface area (Å²) in [6, 6.07) is 0. The predicted octanol–water partition coefficient (Wildman–Crippen LogP) is 3.14. The topological polar surface area (TPSA) is 42.0 Å². The highest BCUT2D eigenvalue weighted by Crippen LogP contribution is 2.19. The summed E-state index contributed by atoms with van der Waals surface area (Å²) in [7, 11) is 0. The molecule has 0 aliphatic heterocycles. The van der Waals surface area contributed by atoms with Crippen molar-refractivity contribution in [1.82, 2.24) is 10.3 Å². The van der Waals surface area contributed by atoms with Crippen LogP contribution in [0.15, 0.2) is 5.38 Å². The molecule has 0 fully saturated rings. The van der Waals surface area contributed by atoms with Gasteiger partial charge in [0.15, 0.2) is 0 Å². The number of carbonyl (C=O) groups is 1. The quantitative estimate of drug-likeness (QED) is 0.849. The molecule has 0 aromatic carbocycles. The van der Waals surface area contributed by atoms with Crippen LogP contribution in [-0.2, 0) is 0 Å². The number of aryl methyl sites for hydroxylation is 1. The summed E-state index contributed by atoms with van der Waals surface area (Å²) in [5.74, 6) is -0.0764. The van der Waals surface area contributed by atoms with Crippen molar-refractivity contribution in [2.24, 2.45) is 0 Å². The molecule has 0 aliphatic rings. The van der Waals surface area contributed by atoms with Gasteiger partial charge in [0.1, 0.15) is 5.69 Å². The van der Waals surface area contributed by atoms with Crippen molar-refractivity contribution >= 4 is 33.2 Å². The Morgan fingerprint density at radius 3 is 2.56 bits per heavy atom. The first-order chi connectivity index (χ1) is 7.56. The second-order valence-electron chi connectivity index (χ2n) is 3.83. The molecule has 0 aliphatic carbocycles. The summed E-state index contributed by atoms with van der Waals surface area (Å²) in [6.07, 6.45) is 1.81. The fourth-order valence-corrected chi connectivity index (χ4v) is 2.95. The highest BCUT2D eigenvalue weighted by molar-refractivity contribution is 9.09. The molecule has 0 bridgehead atoms. The van der Waals surface area contributed by atoms with Crippen LogP contribution >= 0.6 is 27.3 Å². The molecule has 1 heterocycles. The van der Waals surface area contributed by atoms with E-state index in [1.807, 2.05) is 6.92 Å². The van der Waals surface area contributed by atoms with E-state index >= 15 is 0 Å². The Morgan fingerprint density at radius 2 is 2.19 bits per heavy atom. The molecule has 0 saturated carbocycles. The first kappa shape index (κ1) is 13.6. The number of nitrogens with zero attached hydrogens (tertiary/aromatic N) is 1. The molecule has 5 heteroatoms. The van der Waals surface area contributed by atoms with Crippen molar-refractivity contribution in [3.63, 3.8) is 0 Å². The molecule has 0 saturated heterocycles. The fourth-order valence-electron chi connectivity index (χ4n) is 1.42. The zero-order chi connectivity index (χ0) is 12.2. The van der Waals surface area contributed by atoms with Gasteiger partial charge in [-0.15, -0.1) is 11.3 Å². The molecule has 0 spiro atoms. The van der Waals surface area contributed by atoms with Gasteiger partial charge in [-0.2, -0.15) is 0 Å². The number of amides is 1. The molecule has 0 radical (unpaired) electrons. The minimum Gasteiger partial charge on any atom is -0.344 e. The highest BCUT2D eigenvalue weighted by Gasteiger charge is 2.27. The van der Waals surface area contributed by atoms with E-state index in [-0.39, 0.29) is 11.4 Å². The average molecular weight is 305 g/mol. The zero-order valence-corrected chi connectivity index (χ0v) is 12.2. The summed E-state index contributed by atoms with van der Waals surface area (Å²) in [4.78, 5) is 16.2. The molecule has 1 rings (SSSR count). The Balaban J connectivity index is 2.76. The summed E-state index contributed by atoms with van der Waals surface area (Å²) in [5, 5.41) is 6.55. The standard InChI is InChI=1S/C11H17BrN2OS/c1-4-11(5-2,7-12)14-10(15)9-6-16-8(3)13-9/h6H,4-5,7H2,1-3H3,(H,14,15). The number of rotatable bonds is 5. The van der Waals surface area contributed by atoms with Gasteiger partial charge in [0.2, 0.25) is 0 Å². The van der Waals surface area contributed by atoms with Gasteiger partial charge in [-0.3, -0.25) is 4.79 Å². The van der Waals surface area contributed by atoms with E-state index in [1.165, 1.54) is 11.3 Å². The number of thiazole rings is 1. The van der Waals surface area contributed by atoms with Crippen molar-refractivity contribution < 1.29 is 4.79 Å². The molecule has 1 N–H and O–H groups in total. The van der Waals surface area contributed by atoms with Gasteiger partial charge in [-0.05, 0) is 19.8 Å². The predicted molar refractivity (Wildman–Crippen MR) is 71.4 cm³/mol. The zero-order valence-electron chi connectivity index (χ0n) is 9.84. The largest absolute Gasteiger partial charge is 0.344 e. The summed E-state index contributed by atoms with van der Waals surface area (Å²) >= 11 is 4.96. The number of hydrogen-bond acceptors (Lipinski definition) is 3. The van der Waals surface area contributed by atoms with Crippen LogP contribution in [0.4, 0.5) is 0 Å². The maximum Gasteiger partial charge on any atom is 0.271 e. The number of nitrogens with one attached hydrogen (secondary N) is 1. The van der Waals surface area contributed by atoms with Gasteiger partial charge in [-0.25, -0.2) is 4.98 Å². The third kappa shape index (κ3) is 3.04. The van der Waals surface area contributed by atoms with Gasteiger partial charge >= 0.3 is 0 Å². The van der Waals surface area contributed by atoms with E-state index < -0.39 is 0 Å². The average Bonchev–Trinajstić information content (AvgIpc) is 2.73. The first-order valence-electron chi connectivity index (χ1n) is 5.37. The van der Waals surface area contributed by atoms with Crippen LogP contribution in [-0.4, -0.2) is 21.8 Å². The normalized spacial score (nSPS) is 11.5. The Bertz CT molecular complexity index is 352. The lowest BCUT2D eigenvalue weighted by Crippen LogP contribution is -2.49. The van der Waals surface area contributed by atoms with E-state index in [1.54, 1.807) is 5.38 Å². The van der Waals surface area contributed by atoms with Crippen LogP contribution in [0.2, 0.25) is 0 Å². The van der Waals surface area contributed by atoms with Crippen molar-refractivity contribution in [3.05, 3.63) is 16.1 Å². The first-order valence-corrected chi connectivity index (χ1v) is 7.37. The summed E-state index contributed by atoms with van der Waals surface area (Å²) in [5.41, 5.74) is 0.365. The molecule has 1 aromatic rings. The van der Waals surface area contributed by atoms with E-state index in [0.29, 0.717) is 5.69 Å². The maximum absolute atomic E-state index is 12.0. The highest BCUT2D eigenvalue weighted by atomic mass is 79.9. The maximum atomic E-state index is 12.0. The third-order valence-corrected chi connectivity index (χ3v) is 4.69.